The number of carbonyl (C=O) groups is 1. The van der Waals surface area contributed by atoms with Crippen molar-refractivity contribution in [2.24, 2.45) is 0 Å². The van der Waals surface area contributed by atoms with Crippen LogP contribution in [-0.4, -0.2) is 10.8 Å². The fraction of sp³-hybridized carbons (Fsp3) is 0.0400. The molecule has 8 heteroatoms. The zero-order valence-corrected chi connectivity index (χ0v) is 17.6. The van der Waals surface area contributed by atoms with Crippen LogP contribution in [0.1, 0.15) is 21.9 Å². The van der Waals surface area contributed by atoms with Gasteiger partial charge < -0.3 is 8.83 Å². The van der Waals surface area contributed by atoms with E-state index in [4.69, 9.17) is 8.83 Å². The first-order valence-electron chi connectivity index (χ1n) is 9.82. The van der Waals surface area contributed by atoms with E-state index in [0.717, 1.165) is 27.4 Å². The minimum atomic E-state index is -4.46. The summed E-state index contributed by atoms with van der Waals surface area (Å²) in [5.41, 5.74) is 0.334. The maximum Gasteiger partial charge on any atom is 0.416 e. The van der Waals surface area contributed by atoms with Gasteiger partial charge in [0, 0.05) is 5.56 Å². The normalized spacial score (nSPS) is 12.1. The van der Waals surface area contributed by atoms with Gasteiger partial charge in [0.05, 0.1) is 15.8 Å². The van der Waals surface area contributed by atoms with Crippen LogP contribution in [0, 0.1) is 0 Å². The highest BCUT2D eigenvalue weighted by molar-refractivity contribution is 7.21. The molecule has 2 aromatic carbocycles. The van der Waals surface area contributed by atoms with Gasteiger partial charge in [-0.2, -0.15) is 13.2 Å². The SMILES string of the molecule is O=C(C=Cc1ccc(-c2nc3ccccc3s2)o1)c1ccc(-c2cccc(C(F)(F)F)c2)o1. The van der Waals surface area contributed by atoms with Gasteiger partial charge in [-0.3, -0.25) is 4.79 Å². The summed E-state index contributed by atoms with van der Waals surface area (Å²) in [5.74, 6) is 0.798. The van der Waals surface area contributed by atoms with Crippen molar-refractivity contribution in [2.75, 3.05) is 0 Å². The molecule has 4 nitrogen and oxygen atoms in total. The van der Waals surface area contributed by atoms with Gasteiger partial charge in [-0.1, -0.05) is 24.3 Å². The predicted molar refractivity (Wildman–Crippen MR) is 120 cm³/mol. The smallest absolute Gasteiger partial charge is 0.416 e. The highest BCUT2D eigenvalue weighted by Gasteiger charge is 2.30. The van der Waals surface area contributed by atoms with E-state index < -0.39 is 17.5 Å². The molecule has 0 atom stereocenters. The third kappa shape index (κ3) is 4.38. The number of benzene rings is 2. The standard InChI is InChI=1S/C25H14F3NO3S/c26-25(27,28)16-5-3-4-15(14-16)20-12-13-21(32-20)19(30)10-8-17-9-11-22(31-17)24-29-18-6-1-2-7-23(18)33-24/h1-14H. The minimum absolute atomic E-state index is 0.0108. The number of halogens is 3. The fourth-order valence-corrected chi connectivity index (χ4v) is 4.18. The van der Waals surface area contributed by atoms with Gasteiger partial charge in [-0.15, -0.1) is 11.3 Å². The quantitative estimate of drug-likeness (QED) is 0.197. The van der Waals surface area contributed by atoms with Crippen molar-refractivity contribution in [3.05, 3.63) is 96.0 Å². The first-order valence-corrected chi connectivity index (χ1v) is 10.6. The number of carbonyl (C=O) groups excluding carboxylic acids is 1. The molecule has 0 radical (unpaired) electrons. The zero-order valence-electron chi connectivity index (χ0n) is 16.8. The summed E-state index contributed by atoms with van der Waals surface area (Å²) in [6.07, 6.45) is -1.67. The molecule has 0 spiro atoms. The molecule has 3 aromatic heterocycles. The summed E-state index contributed by atoms with van der Waals surface area (Å²) < 4.78 is 51.1. The number of allylic oxidation sites excluding steroid dienone is 1. The maximum absolute atomic E-state index is 12.9. The molecule has 0 aliphatic rings. The van der Waals surface area contributed by atoms with E-state index in [-0.39, 0.29) is 17.1 Å². The number of fused-ring (bicyclic) bond motifs is 1. The van der Waals surface area contributed by atoms with Crippen LogP contribution < -0.4 is 0 Å². The molecule has 0 aliphatic carbocycles. The number of alkyl halides is 3. The Kier molecular flexibility index (Phi) is 5.22. The lowest BCUT2D eigenvalue weighted by Crippen LogP contribution is -2.04. The topological polar surface area (TPSA) is 56.2 Å². The van der Waals surface area contributed by atoms with Gasteiger partial charge in [0.25, 0.3) is 0 Å². The molecule has 0 saturated heterocycles. The van der Waals surface area contributed by atoms with E-state index in [1.807, 2.05) is 24.3 Å². The Hall–Kier alpha value is -3.91. The highest BCUT2D eigenvalue weighted by Crippen LogP contribution is 2.33. The Morgan fingerprint density at radius 3 is 2.55 bits per heavy atom. The van der Waals surface area contributed by atoms with Gasteiger partial charge in [0.15, 0.2) is 16.5 Å². The van der Waals surface area contributed by atoms with E-state index in [9.17, 15) is 18.0 Å². The predicted octanol–water partition coefficient (Wildman–Crippen LogP) is 7.73. The van der Waals surface area contributed by atoms with Crippen LogP contribution in [0.4, 0.5) is 13.2 Å². The van der Waals surface area contributed by atoms with Crippen molar-refractivity contribution in [2.45, 2.75) is 6.18 Å². The van der Waals surface area contributed by atoms with Crippen molar-refractivity contribution in [3.8, 4) is 22.1 Å². The molecule has 5 aromatic rings. The fourth-order valence-electron chi connectivity index (χ4n) is 3.25. The third-order valence-corrected chi connectivity index (χ3v) is 5.90. The Morgan fingerprint density at radius 2 is 1.73 bits per heavy atom. The lowest BCUT2D eigenvalue weighted by Gasteiger charge is -2.07. The highest BCUT2D eigenvalue weighted by atomic mass is 32.1. The second-order valence-corrected chi connectivity index (χ2v) is 8.16. The Labute approximate surface area is 189 Å². The molecule has 0 N–H and O–H groups in total. The Balaban J connectivity index is 1.32. The molecule has 0 unspecified atom stereocenters. The second kappa shape index (κ2) is 8.22. The number of furan rings is 2. The lowest BCUT2D eigenvalue weighted by molar-refractivity contribution is -0.137. The molecule has 0 amide bonds. The number of hydrogen-bond acceptors (Lipinski definition) is 5. The Bertz CT molecular complexity index is 1460. The third-order valence-electron chi connectivity index (χ3n) is 4.85. The van der Waals surface area contributed by atoms with Crippen LogP contribution in [0.25, 0.3) is 38.4 Å². The van der Waals surface area contributed by atoms with Crippen molar-refractivity contribution in [3.63, 3.8) is 0 Å². The summed E-state index contributed by atoms with van der Waals surface area (Å²) >= 11 is 1.51. The molecule has 33 heavy (non-hydrogen) atoms. The molecule has 0 bridgehead atoms. The first kappa shape index (κ1) is 21.0. The largest absolute Gasteiger partial charge is 0.454 e. The maximum atomic E-state index is 12.9. The average Bonchev–Trinajstić information content (AvgIpc) is 3.56. The van der Waals surface area contributed by atoms with Gasteiger partial charge in [0.2, 0.25) is 5.78 Å². The monoisotopic (exact) mass is 465 g/mol. The van der Waals surface area contributed by atoms with E-state index in [1.165, 1.54) is 47.8 Å². The van der Waals surface area contributed by atoms with Gasteiger partial charge in [-0.05, 0) is 60.7 Å². The van der Waals surface area contributed by atoms with E-state index in [1.54, 1.807) is 12.1 Å². The molecule has 0 saturated carbocycles. The zero-order chi connectivity index (χ0) is 23.0. The molecule has 0 fully saturated rings. The number of hydrogen-bond donors (Lipinski definition) is 0. The van der Waals surface area contributed by atoms with Gasteiger partial charge in [0.1, 0.15) is 11.5 Å². The number of nitrogens with zero attached hydrogens (tertiary/aromatic N) is 1. The van der Waals surface area contributed by atoms with E-state index in [0.29, 0.717) is 11.5 Å². The van der Waals surface area contributed by atoms with Crippen LogP contribution in [0.15, 0.2) is 87.7 Å². The lowest BCUT2D eigenvalue weighted by atomic mass is 10.1. The summed E-state index contributed by atoms with van der Waals surface area (Å²) in [4.78, 5) is 17.0. The number of para-hydroxylation sites is 1. The number of ketones is 1. The van der Waals surface area contributed by atoms with Crippen LogP contribution in [0.2, 0.25) is 0 Å². The summed E-state index contributed by atoms with van der Waals surface area (Å²) in [5, 5.41) is 0.735. The number of rotatable bonds is 5. The van der Waals surface area contributed by atoms with Crippen molar-refractivity contribution in [1.29, 1.82) is 0 Å². The van der Waals surface area contributed by atoms with Crippen molar-refractivity contribution >= 4 is 33.4 Å². The van der Waals surface area contributed by atoms with E-state index >= 15 is 0 Å². The average molecular weight is 465 g/mol. The minimum Gasteiger partial charge on any atom is -0.454 e. The van der Waals surface area contributed by atoms with Crippen LogP contribution >= 0.6 is 11.3 Å². The molecular formula is C25H14F3NO3S. The summed E-state index contributed by atoms with van der Waals surface area (Å²) in [6, 6.07) is 18.9. The molecule has 3 heterocycles. The Morgan fingerprint density at radius 1 is 0.909 bits per heavy atom. The van der Waals surface area contributed by atoms with Crippen LogP contribution in [0.3, 0.4) is 0 Å². The van der Waals surface area contributed by atoms with Gasteiger partial charge >= 0.3 is 6.18 Å². The summed E-state index contributed by atoms with van der Waals surface area (Å²) in [6.45, 7) is 0. The van der Waals surface area contributed by atoms with E-state index in [2.05, 4.69) is 4.98 Å². The van der Waals surface area contributed by atoms with Gasteiger partial charge in [-0.25, -0.2) is 4.98 Å². The number of thiazole rings is 1. The number of aromatic nitrogens is 1. The van der Waals surface area contributed by atoms with Crippen LogP contribution in [-0.2, 0) is 6.18 Å². The summed E-state index contributed by atoms with van der Waals surface area (Å²) in [7, 11) is 0. The molecule has 5 rings (SSSR count). The first-order chi connectivity index (χ1) is 15.9. The molecular weight excluding hydrogens is 451 g/mol. The second-order valence-electron chi connectivity index (χ2n) is 7.13. The molecule has 164 valence electrons. The van der Waals surface area contributed by atoms with Crippen molar-refractivity contribution in [1.82, 2.24) is 4.98 Å². The van der Waals surface area contributed by atoms with Crippen molar-refractivity contribution < 1.29 is 26.8 Å². The molecule has 0 aliphatic heterocycles. The van der Waals surface area contributed by atoms with Crippen LogP contribution in [0.5, 0.6) is 0 Å².